The number of nitrogens with zero attached hydrogens (tertiary/aromatic N) is 2. The number of ether oxygens (including phenoxy) is 1. The van der Waals surface area contributed by atoms with E-state index in [2.05, 4.69) is 45.0 Å². The van der Waals surface area contributed by atoms with E-state index in [1.165, 1.54) is 11.9 Å². The number of aromatic nitrogens is 2. The first-order valence-corrected chi connectivity index (χ1v) is 6.80. The average Bonchev–Trinajstić information content (AvgIpc) is 2.38. The average molecular weight is 328 g/mol. The predicted octanol–water partition coefficient (Wildman–Crippen LogP) is 4.64. The van der Waals surface area contributed by atoms with Gasteiger partial charge >= 0.3 is 0 Å². The zero-order valence-electron chi connectivity index (χ0n) is 9.86. The molecule has 1 aromatic carbocycles. The first kappa shape index (κ1) is 13.3. The number of benzene rings is 1. The highest BCUT2D eigenvalue weighted by Gasteiger charge is 2.08. The molecule has 0 saturated carbocycles. The minimum Gasteiger partial charge on any atom is -0.438 e. The summed E-state index contributed by atoms with van der Waals surface area (Å²) in [5.74, 6) is 1.14. The highest BCUT2D eigenvalue weighted by Crippen LogP contribution is 2.31. The monoisotopic (exact) mass is 326 g/mol. The lowest BCUT2D eigenvalue weighted by Gasteiger charge is -2.07. The van der Waals surface area contributed by atoms with Gasteiger partial charge in [0.2, 0.25) is 5.88 Å². The van der Waals surface area contributed by atoms with Crippen LogP contribution in [0.4, 0.5) is 0 Å². The summed E-state index contributed by atoms with van der Waals surface area (Å²) in [7, 11) is 0. The van der Waals surface area contributed by atoms with Crippen molar-refractivity contribution in [3.63, 3.8) is 0 Å². The molecule has 2 rings (SSSR count). The summed E-state index contributed by atoms with van der Waals surface area (Å²) in [6.45, 7) is 2.16. The van der Waals surface area contributed by atoms with Crippen molar-refractivity contribution in [1.29, 1.82) is 0 Å². The Morgan fingerprint density at radius 2 is 1.94 bits per heavy atom. The van der Waals surface area contributed by atoms with E-state index in [0.29, 0.717) is 15.5 Å². The van der Waals surface area contributed by atoms with E-state index in [-0.39, 0.29) is 0 Å². The molecular weight excluding hydrogens is 316 g/mol. The molecule has 5 heteroatoms. The predicted molar refractivity (Wildman–Crippen MR) is 75.3 cm³/mol. The highest BCUT2D eigenvalue weighted by molar-refractivity contribution is 9.10. The van der Waals surface area contributed by atoms with Crippen molar-refractivity contribution in [3.8, 4) is 11.6 Å². The molecule has 0 aliphatic rings. The fourth-order valence-corrected chi connectivity index (χ4v) is 1.94. The molecule has 0 amide bonds. The fraction of sp³-hybridized carbons (Fsp3) is 0.231. The Hall–Kier alpha value is -1.13. The Morgan fingerprint density at radius 1 is 1.22 bits per heavy atom. The van der Waals surface area contributed by atoms with Gasteiger partial charge in [0.25, 0.3) is 0 Å². The quantitative estimate of drug-likeness (QED) is 0.767. The molecule has 0 fully saturated rings. The SMILES string of the molecule is CCCc1ccc(Oc2ncnc(Cl)c2Br)cc1. The molecular formula is C13H12BrClN2O. The summed E-state index contributed by atoms with van der Waals surface area (Å²) in [6, 6.07) is 7.95. The van der Waals surface area contributed by atoms with E-state index in [4.69, 9.17) is 16.3 Å². The van der Waals surface area contributed by atoms with Gasteiger partial charge < -0.3 is 4.74 Å². The summed E-state index contributed by atoms with van der Waals surface area (Å²) >= 11 is 9.16. The van der Waals surface area contributed by atoms with Gasteiger partial charge in [-0.25, -0.2) is 9.97 Å². The molecule has 0 saturated heterocycles. The van der Waals surface area contributed by atoms with Gasteiger partial charge in [0.15, 0.2) is 5.15 Å². The molecule has 0 aliphatic heterocycles. The molecule has 18 heavy (non-hydrogen) atoms. The van der Waals surface area contributed by atoms with Crippen molar-refractivity contribution in [3.05, 3.63) is 45.8 Å². The van der Waals surface area contributed by atoms with Gasteiger partial charge in [-0.15, -0.1) is 0 Å². The molecule has 2 aromatic rings. The van der Waals surface area contributed by atoms with Crippen LogP contribution >= 0.6 is 27.5 Å². The molecule has 0 bridgehead atoms. The third-order valence-electron chi connectivity index (χ3n) is 2.39. The van der Waals surface area contributed by atoms with Crippen molar-refractivity contribution < 1.29 is 4.74 Å². The van der Waals surface area contributed by atoms with Gasteiger partial charge in [-0.1, -0.05) is 37.1 Å². The zero-order valence-corrected chi connectivity index (χ0v) is 12.2. The molecule has 1 aromatic heterocycles. The smallest absolute Gasteiger partial charge is 0.238 e. The van der Waals surface area contributed by atoms with Crippen LogP contribution < -0.4 is 4.74 Å². The third kappa shape index (κ3) is 3.21. The lowest BCUT2D eigenvalue weighted by molar-refractivity contribution is 0.458. The van der Waals surface area contributed by atoms with E-state index in [1.54, 1.807) is 0 Å². The van der Waals surface area contributed by atoms with E-state index in [9.17, 15) is 0 Å². The summed E-state index contributed by atoms with van der Waals surface area (Å²) < 4.78 is 6.20. The second-order valence-corrected chi connectivity index (χ2v) is 4.93. The van der Waals surface area contributed by atoms with Gasteiger partial charge in [-0.05, 0) is 40.0 Å². The number of hydrogen-bond donors (Lipinski definition) is 0. The summed E-state index contributed by atoms with van der Waals surface area (Å²) in [4.78, 5) is 7.88. The van der Waals surface area contributed by atoms with Crippen LogP contribution in [0.3, 0.4) is 0 Å². The molecule has 94 valence electrons. The molecule has 0 spiro atoms. The second-order valence-electron chi connectivity index (χ2n) is 3.78. The fourth-order valence-electron chi connectivity index (χ4n) is 1.53. The molecule has 1 heterocycles. The first-order valence-electron chi connectivity index (χ1n) is 5.63. The number of hydrogen-bond acceptors (Lipinski definition) is 3. The van der Waals surface area contributed by atoms with Crippen LogP contribution in [-0.2, 0) is 6.42 Å². The Morgan fingerprint density at radius 3 is 2.61 bits per heavy atom. The summed E-state index contributed by atoms with van der Waals surface area (Å²) in [5.41, 5.74) is 1.30. The van der Waals surface area contributed by atoms with Crippen LogP contribution in [0.25, 0.3) is 0 Å². The Labute approximate surface area is 119 Å². The van der Waals surface area contributed by atoms with Crippen molar-refractivity contribution >= 4 is 27.5 Å². The Kier molecular flexibility index (Phi) is 4.55. The molecule has 0 atom stereocenters. The normalized spacial score (nSPS) is 10.4. The minimum atomic E-state index is 0.336. The van der Waals surface area contributed by atoms with Gasteiger partial charge in [0.05, 0.1) is 0 Å². The van der Waals surface area contributed by atoms with Crippen LogP contribution in [0, 0.1) is 0 Å². The molecule has 3 nitrogen and oxygen atoms in total. The van der Waals surface area contributed by atoms with Crippen LogP contribution in [0.1, 0.15) is 18.9 Å². The standard InChI is InChI=1S/C13H12BrClN2O/c1-2-3-9-4-6-10(7-5-9)18-13-11(14)12(15)16-8-17-13/h4-8H,2-3H2,1H3. The number of rotatable bonds is 4. The van der Waals surface area contributed by atoms with Crippen LogP contribution in [0.5, 0.6) is 11.6 Å². The largest absolute Gasteiger partial charge is 0.438 e. The Balaban J connectivity index is 2.16. The summed E-state index contributed by atoms with van der Waals surface area (Å²) in [6.07, 6.45) is 3.57. The second kappa shape index (κ2) is 6.16. The first-order chi connectivity index (χ1) is 8.70. The van der Waals surface area contributed by atoms with Crippen molar-refractivity contribution in [2.75, 3.05) is 0 Å². The highest BCUT2D eigenvalue weighted by atomic mass is 79.9. The molecule has 0 N–H and O–H groups in total. The maximum atomic E-state index is 5.87. The zero-order chi connectivity index (χ0) is 13.0. The third-order valence-corrected chi connectivity index (χ3v) is 3.62. The number of halogens is 2. The van der Waals surface area contributed by atoms with Gasteiger partial charge in [0, 0.05) is 0 Å². The molecule has 0 unspecified atom stereocenters. The van der Waals surface area contributed by atoms with Crippen LogP contribution in [0.2, 0.25) is 5.15 Å². The summed E-state index contributed by atoms with van der Waals surface area (Å²) in [5, 5.41) is 0.336. The van der Waals surface area contributed by atoms with E-state index >= 15 is 0 Å². The van der Waals surface area contributed by atoms with Gasteiger partial charge in [-0.3, -0.25) is 0 Å². The topological polar surface area (TPSA) is 35.0 Å². The van der Waals surface area contributed by atoms with E-state index in [1.807, 2.05) is 12.1 Å². The van der Waals surface area contributed by atoms with E-state index in [0.717, 1.165) is 18.6 Å². The lowest BCUT2D eigenvalue weighted by atomic mass is 10.1. The minimum absolute atomic E-state index is 0.336. The van der Waals surface area contributed by atoms with Crippen molar-refractivity contribution in [2.45, 2.75) is 19.8 Å². The maximum Gasteiger partial charge on any atom is 0.238 e. The molecule has 0 radical (unpaired) electrons. The van der Waals surface area contributed by atoms with Gasteiger partial charge in [-0.2, -0.15) is 0 Å². The van der Waals surface area contributed by atoms with Crippen LogP contribution in [-0.4, -0.2) is 9.97 Å². The van der Waals surface area contributed by atoms with Crippen molar-refractivity contribution in [1.82, 2.24) is 9.97 Å². The Bertz CT molecular complexity index is 531. The van der Waals surface area contributed by atoms with Gasteiger partial charge in [0.1, 0.15) is 16.5 Å². The number of aryl methyl sites for hydroxylation is 1. The maximum absolute atomic E-state index is 5.87. The molecule has 0 aliphatic carbocycles. The van der Waals surface area contributed by atoms with Crippen molar-refractivity contribution in [2.24, 2.45) is 0 Å². The van der Waals surface area contributed by atoms with Crippen LogP contribution in [0.15, 0.2) is 35.1 Å². The van der Waals surface area contributed by atoms with E-state index < -0.39 is 0 Å². The lowest BCUT2D eigenvalue weighted by Crippen LogP contribution is -1.92.